The van der Waals surface area contributed by atoms with E-state index in [1.54, 1.807) is 49.4 Å². The molecule has 8 nitrogen and oxygen atoms in total. The lowest BCUT2D eigenvalue weighted by Gasteiger charge is -2.15. The maximum Gasteiger partial charge on any atom is 0.265 e. The molecule has 2 aromatic carbocycles. The summed E-state index contributed by atoms with van der Waals surface area (Å²) in [6.45, 7) is 1.65. The first-order chi connectivity index (χ1) is 12.2. The van der Waals surface area contributed by atoms with Gasteiger partial charge in [-0.3, -0.25) is 4.79 Å². The van der Waals surface area contributed by atoms with Crippen molar-refractivity contribution in [2.24, 2.45) is 0 Å². The molecule has 25 heavy (non-hydrogen) atoms. The van der Waals surface area contributed by atoms with Crippen LogP contribution in [0, 0.1) is 11.3 Å². The molecular formula is C17H14N6O2. The minimum Gasteiger partial charge on any atom is -0.481 e. The summed E-state index contributed by atoms with van der Waals surface area (Å²) in [5.74, 6) is 0.198. The maximum atomic E-state index is 12.3. The molecule has 1 atom stereocenters. The van der Waals surface area contributed by atoms with Crippen molar-refractivity contribution in [2.45, 2.75) is 13.0 Å². The van der Waals surface area contributed by atoms with Gasteiger partial charge >= 0.3 is 0 Å². The van der Waals surface area contributed by atoms with Crippen molar-refractivity contribution >= 4 is 11.6 Å². The molecule has 0 radical (unpaired) electrons. The number of rotatable bonds is 5. The van der Waals surface area contributed by atoms with Gasteiger partial charge in [0, 0.05) is 11.8 Å². The number of ether oxygens (including phenoxy) is 1. The highest BCUT2D eigenvalue weighted by molar-refractivity contribution is 5.94. The second-order valence-corrected chi connectivity index (χ2v) is 5.19. The van der Waals surface area contributed by atoms with E-state index in [2.05, 4.69) is 20.8 Å². The van der Waals surface area contributed by atoms with E-state index < -0.39 is 6.10 Å². The van der Waals surface area contributed by atoms with Crippen molar-refractivity contribution in [2.75, 3.05) is 5.32 Å². The molecule has 1 amide bonds. The molecule has 1 aromatic heterocycles. The second kappa shape index (κ2) is 7.23. The fourth-order valence-corrected chi connectivity index (χ4v) is 2.15. The molecule has 0 saturated carbocycles. The quantitative estimate of drug-likeness (QED) is 0.764. The lowest BCUT2D eigenvalue weighted by Crippen LogP contribution is -2.30. The minimum absolute atomic E-state index is 0.317. The highest BCUT2D eigenvalue weighted by Gasteiger charge is 2.15. The number of aromatic nitrogens is 4. The molecule has 0 aliphatic heterocycles. The van der Waals surface area contributed by atoms with Gasteiger partial charge in [-0.15, -0.1) is 5.10 Å². The van der Waals surface area contributed by atoms with Crippen molar-refractivity contribution in [3.05, 3.63) is 60.4 Å². The number of nitriles is 1. The zero-order valence-corrected chi connectivity index (χ0v) is 13.3. The fourth-order valence-electron chi connectivity index (χ4n) is 2.15. The van der Waals surface area contributed by atoms with E-state index in [-0.39, 0.29) is 5.91 Å². The van der Waals surface area contributed by atoms with Gasteiger partial charge in [0.05, 0.1) is 17.3 Å². The molecule has 1 N–H and O–H groups in total. The van der Waals surface area contributed by atoms with Gasteiger partial charge in [-0.1, -0.05) is 12.1 Å². The molecule has 0 aliphatic carbocycles. The fraction of sp³-hybridized carbons (Fsp3) is 0.118. The van der Waals surface area contributed by atoms with Crippen LogP contribution in [0.15, 0.2) is 54.9 Å². The van der Waals surface area contributed by atoms with Crippen molar-refractivity contribution in [3.8, 4) is 17.5 Å². The van der Waals surface area contributed by atoms with Gasteiger partial charge in [0.25, 0.3) is 5.91 Å². The third-order valence-electron chi connectivity index (χ3n) is 3.37. The number of tetrazole rings is 1. The molecule has 1 heterocycles. The van der Waals surface area contributed by atoms with Crippen LogP contribution < -0.4 is 10.1 Å². The Kier molecular flexibility index (Phi) is 4.67. The van der Waals surface area contributed by atoms with Gasteiger partial charge in [-0.25, -0.2) is 4.68 Å². The number of amides is 1. The van der Waals surface area contributed by atoms with Crippen LogP contribution in [0.1, 0.15) is 12.5 Å². The van der Waals surface area contributed by atoms with E-state index >= 15 is 0 Å². The lowest BCUT2D eigenvalue weighted by molar-refractivity contribution is -0.122. The SMILES string of the molecule is C[C@H](Oc1cccc(-n2cnnn2)c1)C(=O)Nc1cccc(C#N)c1. The number of carbonyl (C=O) groups excluding carboxylic acids is 1. The smallest absolute Gasteiger partial charge is 0.265 e. The monoisotopic (exact) mass is 334 g/mol. The average Bonchev–Trinajstić information content (AvgIpc) is 3.17. The van der Waals surface area contributed by atoms with E-state index in [9.17, 15) is 4.79 Å². The van der Waals surface area contributed by atoms with E-state index in [0.29, 0.717) is 17.0 Å². The van der Waals surface area contributed by atoms with Gasteiger partial charge in [-0.2, -0.15) is 5.26 Å². The maximum absolute atomic E-state index is 12.3. The molecule has 0 unspecified atom stereocenters. The van der Waals surface area contributed by atoms with Gasteiger partial charge in [0.15, 0.2) is 6.10 Å². The third kappa shape index (κ3) is 3.97. The van der Waals surface area contributed by atoms with Crippen LogP contribution in [-0.2, 0) is 4.79 Å². The number of nitrogens with zero attached hydrogens (tertiary/aromatic N) is 5. The van der Waals surface area contributed by atoms with Gasteiger partial charge in [-0.05, 0) is 47.7 Å². The average molecular weight is 334 g/mol. The van der Waals surface area contributed by atoms with Gasteiger partial charge in [0.2, 0.25) is 0 Å². The second-order valence-electron chi connectivity index (χ2n) is 5.19. The number of anilines is 1. The molecule has 8 heteroatoms. The predicted octanol–water partition coefficient (Wildman–Crippen LogP) is 1.94. The highest BCUT2D eigenvalue weighted by Crippen LogP contribution is 2.18. The predicted molar refractivity (Wildman–Crippen MR) is 89.0 cm³/mol. The summed E-state index contributed by atoms with van der Waals surface area (Å²) in [4.78, 5) is 12.3. The summed E-state index contributed by atoms with van der Waals surface area (Å²) in [5.41, 5.74) is 1.74. The van der Waals surface area contributed by atoms with Crippen molar-refractivity contribution in [3.63, 3.8) is 0 Å². The van der Waals surface area contributed by atoms with Crippen LogP contribution in [0.5, 0.6) is 5.75 Å². The number of hydrogen-bond donors (Lipinski definition) is 1. The molecule has 3 rings (SSSR count). The molecule has 124 valence electrons. The molecule has 0 saturated heterocycles. The van der Waals surface area contributed by atoms with Crippen molar-refractivity contribution in [1.82, 2.24) is 20.2 Å². The minimum atomic E-state index is -0.727. The van der Waals surface area contributed by atoms with E-state index in [1.807, 2.05) is 12.1 Å². The zero-order valence-electron chi connectivity index (χ0n) is 13.3. The summed E-state index contributed by atoms with van der Waals surface area (Å²) in [5, 5.41) is 22.6. The first-order valence-corrected chi connectivity index (χ1v) is 7.47. The van der Waals surface area contributed by atoms with Crippen LogP contribution >= 0.6 is 0 Å². The Hall–Kier alpha value is -3.73. The molecule has 3 aromatic rings. The van der Waals surface area contributed by atoms with Crippen LogP contribution in [0.3, 0.4) is 0 Å². The number of hydrogen-bond acceptors (Lipinski definition) is 6. The topological polar surface area (TPSA) is 106 Å². The first-order valence-electron chi connectivity index (χ1n) is 7.47. The summed E-state index contributed by atoms with van der Waals surface area (Å²) in [6.07, 6.45) is 0.743. The summed E-state index contributed by atoms with van der Waals surface area (Å²) in [7, 11) is 0. The third-order valence-corrected chi connectivity index (χ3v) is 3.37. The standard InChI is InChI=1S/C17H14N6O2/c1-12(17(24)20-14-5-2-4-13(8-14)10-18)25-16-7-3-6-15(9-16)23-11-19-21-22-23/h2-9,11-12H,1H3,(H,20,24)/t12-/m0/s1. The molecule has 0 spiro atoms. The highest BCUT2D eigenvalue weighted by atomic mass is 16.5. The summed E-state index contributed by atoms with van der Waals surface area (Å²) in [6, 6.07) is 15.8. The van der Waals surface area contributed by atoms with Crippen LogP contribution in [0.4, 0.5) is 5.69 Å². The molecule has 0 fully saturated rings. The van der Waals surface area contributed by atoms with E-state index in [4.69, 9.17) is 10.00 Å². The Bertz CT molecular complexity index is 917. The zero-order chi connectivity index (χ0) is 17.6. The van der Waals surface area contributed by atoms with Crippen LogP contribution in [-0.4, -0.2) is 32.2 Å². The number of benzene rings is 2. The van der Waals surface area contributed by atoms with E-state index in [0.717, 1.165) is 5.69 Å². The van der Waals surface area contributed by atoms with Gasteiger partial charge in [0.1, 0.15) is 12.1 Å². The van der Waals surface area contributed by atoms with E-state index in [1.165, 1.54) is 11.0 Å². The molecular weight excluding hydrogens is 320 g/mol. The normalized spacial score (nSPS) is 11.4. The van der Waals surface area contributed by atoms with Crippen LogP contribution in [0.2, 0.25) is 0 Å². The van der Waals surface area contributed by atoms with Crippen molar-refractivity contribution < 1.29 is 9.53 Å². The van der Waals surface area contributed by atoms with Crippen molar-refractivity contribution in [1.29, 1.82) is 5.26 Å². The largest absolute Gasteiger partial charge is 0.481 e. The number of nitrogens with one attached hydrogen (secondary N) is 1. The molecule has 0 aliphatic rings. The number of carbonyl (C=O) groups is 1. The Morgan fingerprint density at radius 1 is 1.28 bits per heavy atom. The first kappa shape index (κ1) is 16.1. The summed E-state index contributed by atoms with van der Waals surface area (Å²) >= 11 is 0. The Morgan fingerprint density at radius 2 is 2.12 bits per heavy atom. The summed E-state index contributed by atoms with van der Waals surface area (Å²) < 4.78 is 7.18. The lowest BCUT2D eigenvalue weighted by atomic mass is 10.2. The molecule has 0 bridgehead atoms. The Balaban J connectivity index is 1.67. The van der Waals surface area contributed by atoms with Gasteiger partial charge < -0.3 is 10.1 Å². The Labute approximate surface area is 143 Å². The Morgan fingerprint density at radius 3 is 2.88 bits per heavy atom. The van der Waals surface area contributed by atoms with Crippen LogP contribution in [0.25, 0.3) is 5.69 Å².